The van der Waals surface area contributed by atoms with Crippen LogP contribution in [0.2, 0.25) is 0 Å². The zero-order chi connectivity index (χ0) is 18.4. The molecule has 0 atom stereocenters. The molecule has 0 saturated heterocycles. The number of rotatable bonds is 5. The minimum absolute atomic E-state index is 0.0875. The Morgan fingerprint density at radius 1 is 1.21 bits per heavy atom. The van der Waals surface area contributed by atoms with Crippen LogP contribution in [0.1, 0.15) is 20.8 Å². The van der Waals surface area contributed by atoms with Crippen molar-refractivity contribution in [2.75, 3.05) is 18.4 Å². The summed E-state index contributed by atoms with van der Waals surface area (Å²) in [4.78, 5) is 15.6. The van der Waals surface area contributed by atoms with Crippen molar-refractivity contribution in [1.82, 2.24) is 5.32 Å². The summed E-state index contributed by atoms with van der Waals surface area (Å²) in [6, 6.07) is 5.08. The average Bonchev–Trinajstić information content (AvgIpc) is 2.43. The Labute approximate surface area is 138 Å². The number of anilines is 1. The Bertz CT molecular complexity index is 578. The lowest BCUT2D eigenvalue weighted by atomic mass is 9.96. The highest BCUT2D eigenvalue weighted by atomic mass is 19.4. The van der Waals surface area contributed by atoms with Gasteiger partial charge < -0.3 is 21.1 Å². The van der Waals surface area contributed by atoms with Gasteiger partial charge in [0.15, 0.2) is 5.96 Å². The summed E-state index contributed by atoms with van der Waals surface area (Å²) in [6.07, 6.45) is -4.73. The molecule has 4 N–H and O–H groups in total. The molecule has 1 aromatic carbocycles. The summed E-state index contributed by atoms with van der Waals surface area (Å²) in [5.74, 6) is -0.331. The highest BCUT2D eigenvalue weighted by molar-refractivity contribution is 5.92. The molecule has 0 saturated carbocycles. The maximum atomic E-state index is 12.0. The number of halogens is 3. The fraction of sp³-hybridized carbons (Fsp3) is 0.467. The Morgan fingerprint density at radius 3 is 2.29 bits per heavy atom. The van der Waals surface area contributed by atoms with Crippen LogP contribution in [0, 0.1) is 5.41 Å². The standard InChI is InChI=1S/C15H21F3N4O2/c1-14(2,3)12(23)20-8-9-21-13(19)22-10-4-6-11(7-5-10)24-15(16,17)18/h4-7H,8-9H2,1-3H3,(H,20,23)(H3,19,21,22). The number of guanidine groups is 1. The molecule has 0 aliphatic heterocycles. The summed E-state index contributed by atoms with van der Waals surface area (Å²) < 4.78 is 39.9. The van der Waals surface area contributed by atoms with Gasteiger partial charge in [-0.3, -0.25) is 9.79 Å². The van der Waals surface area contributed by atoms with Crippen LogP contribution in [0.3, 0.4) is 0 Å². The number of nitrogens with one attached hydrogen (secondary N) is 2. The molecule has 0 heterocycles. The van der Waals surface area contributed by atoms with E-state index >= 15 is 0 Å². The van der Waals surface area contributed by atoms with Crippen molar-refractivity contribution in [2.24, 2.45) is 16.1 Å². The molecule has 134 valence electrons. The van der Waals surface area contributed by atoms with Crippen molar-refractivity contribution < 1.29 is 22.7 Å². The smallest absolute Gasteiger partial charge is 0.406 e. The van der Waals surface area contributed by atoms with Crippen LogP contribution < -0.4 is 21.1 Å². The van der Waals surface area contributed by atoms with E-state index in [1.807, 2.05) is 0 Å². The summed E-state index contributed by atoms with van der Waals surface area (Å²) in [6.45, 7) is 6.00. The quantitative estimate of drug-likeness (QED) is 0.434. The highest BCUT2D eigenvalue weighted by Crippen LogP contribution is 2.23. The van der Waals surface area contributed by atoms with Gasteiger partial charge in [0, 0.05) is 17.6 Å². The maximum absolute atomic E-state index is 12.0. The minimum Gasteiger partial charge on any atom is -0.406 e. The van der Waals surface area contributed by atoms with Gasteiger partial charge in [-0.2, -0.15) is 0 Å². The first-order chi connectivity index (χ1) is 11.0. The monoisotopic (exact) mass is 346 g/mol. The molecule has 0 aliphatic carbocycles. The van der Waals surface area contributed by atoms with Crippen molar-refractivity contribution in [3.8, 4) is 5.75 Å². The highest BCUT2D eigenvalue weighted by Gasteiger charge is 2.30. The number of amides is 1. The second kappa shape index (κ2) is 7.89. The number of hydrogen-bond donors (Lipinski definition) is 3. The molecule has 0 bridgehead atoms. The predicted octanol–water partition coefficient (Wildman–Crippen LogP) is 2.47. The van der Waals surface area contributed by atoms with Crippen LogP contribution in [-0.4, -0.2) is 31.3 Å². The number of benzene rings is 1. The van der Waals surface area contributed by atoms with E-state index < -0.39 is 11.8 Å². The van der Waals surface area contributed by atoms with Crippen LogP contribution >= 0.6 is 0 Å². The number of ether oxygens (including phenoxy) is 1. The van der Waals surface area contributed by atoms with E-state index in [1.165, 1.54) is 12.1 Å². The van der Waals surface area contributed by atoms with Crippen LogP contribution in [0.25, 0.3) is 0 Å². The van der Waals surface area contributed by atoms with Crippen molar-refractivity contribution in [1.29, 1.82) is 0 Å². The zero-order valence-corrected chi connectivity index (χ0v) is 13.7. The topological polar surface area (TPSA) is 88.7 Å². The average molecular weight is 346 g/mol. The van der Waals surface area contributed by atoms with E-state index in [2.05, 4.69) is 20.4 Å². The summed E-state index contributed by atoms with van der Waals surface area (Å²) >= 11 is 0. The molecular formula is C15H21F3N4O2. The lowest BCUT2D eigenvalue weighted by Gasteiger charge is -2.17. The number of nitrogens with two attached hydrogens (primary N) is 1. The molecule has 24 heavy (non-hydrogen) atoms. The van der Waals surface area contributed by atoms with E-state index in [0.717, 1.165) is 12.1 Å². The first-order valence-corrected chi connectivity index (χ1v) is 7.18. The fourth-order valence-corrected chi connectivity index (χ4v) is 1.54. The number of nitrogens with zero attached hydrogens (tertiary/aromatic N) is 1. The van der Waals surface area contributed by atoms with Gasteiger partial charge >= 0.3 is 6.36 Å². The van der Waals surface area contributed by atoms with Crippen LogP contribution in [-0.2, 0) is 4.79 Å². The molecule has 6 nitrogen and oxygen atoms in total. The molecular weight excluding hydrogens is 325 g/mol. The third-order valence-electron chi connectivity index (χ3n) is 2.72. The fourth-order valence-electron chi connectivity index (χ4n) is 1.54. The van der Waals surface area contributed by atoms with Gasteiger partial charge in [-0.15, -0.1) is 13.2 Å². The molecule has 0 unspecified atom stereocenters. The Morgan fingerprint density at radius 2 is 1.79 bits per heavy atom. The maximum Gasteiger partial charge on any atom is 0.573 e. The lowest BCUT2D eigenvalue weighted by molar-refractivity contribution is -0.274. The number of alkyl halides is 3. The van der Waals surface area contributed by atoms with Gasteiger partial charge in [0.1, 0.15) is 5.75 Å². The molecule has 0 aromatic heterocycles. The first kappa shape index (κ1) is 19.6. The summed E-state index contributed by atoms with van der Waals surface area (Å²) in [5, 5.41) is 5.45. The van der Waals surface area contributed by atoms with Crippen molar-refractivity contribution in [3.63, 3.8) is 0 Å². The van der Waals surface area contributed by atoms with Gasteiger partial charge in [-0.25, -0.2) is 0 Å². The zero-order valence-electron chi connectivity index (χ0n) is 13.7. The lowest BCUT2D eigenvalue weighted by Crippen LogP contribution is -2.36. The minimum atomic E-state index is -4.73. The number of aliphatic imine (C=N–C) groups is 1. The molecule has 0 aliphatic rings. The van der Waals surface area contributed by atoms with Crippen molar-refractivity contribution in [3.05, 3.63) is 24.3 Å². The first-order valence-electron chi connectivity index (χ1n) is 7.18. The summed E-state index contributed by atoms with van der Waals surface area (Å²) in [7, 11) is 0. The van der Waals surface area contributed by atoms with Gasteiger partial charge in [-0.1, -0.05) is 20.8 Å². The Balaban J connectivity index is 2.44. The largest absolute Gasteiger partial charge is 0.573 e. The van der Waals surface area contributed by atoms with Gasteiger partial charge in [-0.05, 0) is 24.3 Å². The molecule has 9 heteroatoms. The Kier molecular flexibility index (Phi) is 6.44. The second-order valence-corrected chi connectivity index (χ2v) is 5.97. The van der Waals surface area contributed by atoms with Crippen LogP contribution in [0.15, 0.2) is 29.3 Å². The number of carbonyl (C=O) groups excluding carboxylic acids is 1. The molecule has 1 amide bonds. The third-order valence-corrected chi connectivity index (χ3v) is 2.72. The molecule has 1 rings (SSSR count). The summed E-state index contributed by atoms with van der Waals surface area (Å²) in [5.41, 5.74) is 5.65. The SMILES string of the molecule is CC(C)(C)C(=O)NCCN=C(N)Nc1ccc(OC(F)(F)F)cc1. The van der Waals surface area contributed by atoms with Crippen molar-refractivity contribution >= 4 is 17.6 Å². The molecule has 0 spiro atoms. The van der Waals surface area contributed by atoms with E-state index in [-0.39, 0.29) is 24.2 Å². The van der Waals surface area contributed by atoms with E-state index in [4.69, 9.17) is 5.73 Å². The van der Waals surface area contributed by atoms with Crippen LogP contribution in [0.5, 0.6) is 5.75 Å². The number of carbonyl (C=O) groups is 1. The van der Waals surface area contributed by atoms with Gasteiger partial charge in [0.25, 0.3) is 0 Å². The van der Waals surface area contributed by atoms with E-state index in [1.54, 1.807) is 20.8 Å². The normalized spacial score (nSPS) is 12.7. The molecule has 0 radical (unpaired) electrons. The van der Waals surface area contributed by atoms with Crippen molar-refractivity contribution in [2.45, 2.75) is 27.1 Å². The van der Waals surface area contributed by atoms with Gasteiger partial charge in [0.2, 0.25) is 5.91 Å². The molecule has 0 fully saturated rings. The van der Waals surface area contributed by atoms with E-state index in [9.17, 15) is 18.0 Å². The predicted molar refractivity (Wildman–Crippen MR) is 85.7 cm³/mol. The number of hydrogen-bond acceptors (Lipinski definition) is 3. The van der Waals surface area contributed by atoms with Crippen LogP contribution in [0.4, 0.5) is 18.9 Å². The molecule has 1 aromatic rings. The van der Waals surface area contributed by atoms with Gasteiger partial charge in [0.05, 0.1) is 6.54 Å². The van der Waals surface area contributed by atoms with E-state index in [0.29, 0.717) is 12.2 Å². The third kappa shape index (κ3) is 7.70. The Hall–Kier alpha value is -2.45. The second-order valence-electron chi connectivity index (χ2n) is 5.97.